The van der Waals surface area contributed by atoms with Gasteiger partial charge in [0.2, 0.25) is 0 Å². The monoisotopic (exact) mass is 366 g/mol. The fourth-order valence-corrected chi connectivity index (χ4v) is 3.52. The Bertz CT molecular complexity index is 675. The van der Waals surface area contributed by atoms with Crippen LogP contribution in [0.4, 0.5) is 0 Å². The fourth-order valence-electron chi connectivity index (χ4n) is 2.14. The number of nitrogens with one attached hydrogen (secondary N) is 1. The summed E-state index contributed by atoms with van der Waals surface area (Å²) in [7, 11) is 0. The third kappa shape index (κ3) is 3.00. The summed E-state index contributed by atoms with van der Waals surface area (Å²) in [6, 6.07) is 8.49. The van der Waals surface area contributed by atoms with Crippen LogP contribution in [0.5, 0.6) is 0 Å². The normalized spacial score (nSPS) is 14.5. The molecule has 0 unspecified atom stereocenters. The lowest BCUT2D eigenvalue weighted by Crippen LogP contribution is -1.97. The molecule has 1 N–H and O–H groups in total. The quantitative estimate of drug-likeness (QED) is 0.567. The first-order valence-corrected chi connectivity index (χ1v) is 8.90. The van der Waals surface area contributed by atoms with E-state index in [1.807, 2.05) is 11.8 Å². The first-order chi connectivity index (χ1) is 9.69. The van der Waals surface area contributed by atoms with Crippen LogP contribution in [0.1, 0.15) is 31.4 Å². The molecule has 0 radical (unpaired) electrons. The molecule has 1 saturated carbocycles. The minimum Gasteiger partial charge on any atom is -0.342 e. The molecule has 104 valence electrons. The first-order valence-electron chi connectivity index (χ1n) is 6.72. The molecule has 0 spiro atoms. The van der Waals surface area contributed by atoms with E-state index in [2.05, 4.69) is 57.1 Å². The summed E-state index contributed by atoms with van der Waals surface area (Å²) in [5.74, 6) is 2.57. The third-order valence-electron chi connectivity index (χ3n) is 3.32. The van der Waals surface area contributed by atoms with Gasteiger partial charge in [0.15, 0.2) is 0 Å². The number of aromatic nitrogens is 2. The Morgan fingerprint density at radius 3 is 2.65 bits per heavy atom. The summed E-state index contributed by atoms with van der Waals surface area (Å²) in [5.41, 5.74) is 2.29. The van der Waals surface area contributed by atoms with Crippen molar-refractivity contribution in [3.63, 3.8) is 0 Å². The van der Waals surface area contributed by atoms with Gasteiger partial charge in [-0.05, 0) is 46.7 Å². The molecule has 0 saturated heterocycles. The van der Waals surface area contributed by atoms with E-state index in [0.717, 1.165) is 21.6 Å². The van der Waals surface area contributed by atoms with E-state index in [1.165, 1.54) is 23.4 Å². The van der Waals surface area contributed by atoms with Crippen LogP contribution in [0.15, 0.2) is 33.6 Å². The van der Waals surface area contributed by atoms with Crippen LogP contribution in [0.2, 0.25) is 0 Å². The molecule has 1 aliphatic rings. The van der Waals surface area contributed by atoms with Gasteiger partial charge in [0.25, 0.3) is 0 Å². The second-order valence-electron chi connectivity index (χ2n) is 4.85. The highest BCUT2D eigenvalue weighted by molar-refractivity contribution is 9.10. The number of benzene rings is 1. The number of nitrogens with zero attached hydrogens (tertiary/aromatic N) is 1. The SMILES string of the molecule is CCSc1ccc(-c2nc(=S)c(Br)c(C3CC3)[nH]2)cc1. The number of rotatable bonds is 4. The van der Waals surface area contributed by atoms with Crippen molar-refractivity contribution < 1.29 is 0 Å². The zero-order valence-corrected chi connectivity index (χ0v) is 14.4. The van der Waals surface area contributed by atoms with Gasteiger partial charge in [-0.15, -0.1) is 11.8 Å². The molecule has 1 aromatic carbocycles. The molecule has 3 rings (SSSR count). The smallest absolute Gasteiger partial charge is 0.144 e. The van der Waals surface area contributed by atoms with Gasteiger partial charge in [0.05, 0.1) is 4.47 Å². The standard InChI is InChI=1S/C15H15BrN2S2/c1-2-20-11-7-5-10(6-8-11)14-17-13(9-3-4-9)12(16)15(19)18-14/h5-9H,2-4H2,1H3,(H,17,18,19). The fraction of sp³-hybridized carbons (Fsp3) is 0.333. The lowest BCUT2D eigenvalue weighted by molar-refractivity contribution is 0.972. The summed E-state index contributed by atoms with van der Waals surface area (Å²) in [5, 5.41) is 0. The van der Waals surface area contributed by atoms with Crippen molar-refractivity contribution in [3.8, 4) is 11.4 Å². The number of halogens is 1. The lowest BCUT2D eigenvalue weighted by Gasteiger charge is -2.08. The molecular weight excluding hydrogens is 352 g/mol. The summed E-state index contributed by atoms with van der Waals surface area (Å²) < 4.78 is 1.60. The molecule has 5 heteroatoms. The zero-order chi connectivity index (χ0) is 14.1. The van der Waals surface area contributed by atoms with Crippen molar-refractivity contribution in [3.05, 3.63) is 39.1 Å². The number of hydrogen-bond donors (Lipinski definition) is 1. The van der Waals surface area contributed by atoms with Crippen molar-refractivity contribution in [1.29, 1.82) is 0 Å². The molecule has 1 aromatic heterocycles. The van der Waals surface area contributed by atoms with Crippen molar-refractivity contribution in [2.45, 2.75) is 30.6 Å². The number of hydrogen-bond acceptors (Lipinski definition) is 3. The molecule has 1 aliphatic carbocycles. The minimum absolute atomic E-state index is 0.614. The predicted octanol–water partition coefficient (Wildman–Crippen LogP) is 5.56. The average Bonchev–Trinajstić information content (AvgIpc) is 3.27. The Kier molecular flexibility index (Phi) is 4.29. The molecule has 2 aromatic rings. The summed E-state index contributed by atoms with van der Waals surface area (Å²) in [6.07, 6.45) is 2.47. The third-order valence-corrected chi connectivity index (χ3v) is 5.57. The Morgan fingerprint density at radius 2 is 2.05 bits per heavy atom. The van der Waals surface area contributed by atoms with E-state index in [1.54, 1.807) is 0 Å². The Labute approximate surface area is 136 Å². The zero-order valence-electron chi connectivity index (χ0n) is 11.1. The molecule has 20 heavy (non-hydrogen) atoms. The largest absolute Gasteiger partial charge is 0.342 e. The summed E-state index contributed by atoms with van der Waals surface area (Å²) >= 11 is 10.8. The van der Waals surface area contributed by atoms with Crippen molar-refractivity contribution >= 4 is 39.9 Å². The topological polar surface area (TPSA) is 28.7 Å². The van der Waals surface area contributed by atoms with Gasteiger partial charge in [-0.1, -0.05) is 31.3 Å². The highest BCUT2D eigenvalue weighted by atomic mass is 79.9. The average molecular weight is 367 g/mol. The van der Waals surface area contributed by atoms with Gasteiger partial charge in [-0.25, -0.2) is 4.98 Å². The number of aromatic amines is 1. The Balaban J connectivity index is 1.99. The molecule has 2 nitrogen and oxygen atoms in total. The molecule has 0 amide bonds. The van der Waals surface area contributed by atoms with E-state index in [-0.39, 0.29) is 0 Å². The second-order valence-corrected chi connectivity index (χ2v) is 7.37. The molecule has 0 bridgehead atoms. The van der Waals surface area contributed by atoms with Crippen LogP contribution in [0.3, 0.4) is 0 Å². The van der Waals surface area contributed by atoms with E-state index in [4.69, 9.17) is 12.2 Å². The maximum Gasteiger partial charge on any atom is 0.144 e. The van der Waals surface area contributed by atoms with Crippen LogP contribution in [0, 0.1) is 4.64 Å². The maximum absolute atomic E-state index is 5.36. The maximum atomic E-state index is 5.36. The van der Waals surface area contributed by atoms with E-state index in [9.17, 15) is 0 Å². The van der Waals surface area contributed by atoms with Gasteiger partial charge in [-0.2, -0.15) is 0 Å². The Hall–Kier alpha value is -0.650. The molecule has 0 atom stereocenters. The van der Waals surface area contributed by atoms with Gasteiger partial charge in [-0.3, -0.25) is 0 Å². The molecular formula is C15H15BrN2S2. The van der Waals surface area contributed by atoms with E-state index < -0.39 is 0 Å². The van der Waals surface area contributed by atoms with Crippen LogP contribution < -0.4 is 0 Å². The number of H-pyrrole nitrogens is 1. The van der Waals surface area contributed by atoms with Gasteiger partial charge < -0.3 is 4.98 Å². The second kappa shape index (κ2) is 6.00. The highest BCUT2D eigenvalue weighted by Gasteiger charge is 2.27. The van der Waals surface area contributed by atoms with Crippen LogP contribution in [0.25, 0.3) is 11.4 Å². The first kappa shape index (κ1) is 14.3. The lowest BCUT2D eigenvalue weighted by atomic mass is 10.2. The van der Waals surface area contributed by atoms with Crippen LogP contribution in [-0.2, 0) is 0 Å². The van der Waals surface area contributed by atoms with Crippen LogP contribution >= 0.6 is 39.9 Å². The van der Waals surface area contributed by atoms with Crippen LogP contribution in [-0.4, -0.2) is 15.7 Å². The van der Waals surface area contributed by atoms with E-state index >= 15 is 0 Å². The van der Waals surface area contributed by atoms with E-state index in [0.29, 0.717) is 10.6 Å². The number of thioether (sulfide) groups is 1. The Morgan fingerprint density at radius 1 is 1.35 bits per heavy atom. The summed E-state index contributed by atoms with van der Waals surface area (Å²) in [6.45, 7) is 2.16. The molecule has 1 heterocycles. The van der Waals surface area contributed by atoms with Gasteiger partial charge in [0.1, 0.15) is 10.5 Å². The molecule has 1 fully saturated rings. The predicted molar refractivity (Wildman–Crippen MR) is 90.9 cm³/mol. The molecule has 0 aliphatic heterocycles. The van der Waals surface area contributed by atoms with Gasteiger partial charge in [0, 0.05) is 22.1 Å². The van der Waals surface area contributed by atoms with Crippen molar-refractivity contribution in [1.82, 2.24) is 9.97 Å². The van der Waals surface area contributed by atoms with Gasteiger partial charge >= 0.3 is 0 Å². The van der Waals surface area contributed by atoms with Crippen molar-refractivity contribution in [2.24, 2.45) is 0 Å². The minimum atomic E-state index is 0.614. The summed E-state index contributed by atoms with van der Waals surface area (Å²) in [4.78, 5) is 9.23. The van der Waals surface area contributed by atoms with Crippen molar-refractivity contribution in [2.75, 3.05) is 5.75 Å². The highest BCUT2D eigenvalue weighted by Crippen LogP contribution is 2.42.